The zero-order valence-corrected chi connectivity index (χ0v) is 30.9. The topological polar surface area (TPSA) is 174 Å². The van der Waals surface area contributed by atoms with E-state index in [1.807, 2.05) is 36.6 Å². The molecule has 1 aliphatic heterocycles. The summed E-state index contributed by atoms with van der Waals surface area (Å²) in [6.45, 7) is 4.18. The molecule has 12 nitrogen and oxygen atoms in total. The number of para-hydroxylation sites is 1. The van der Waals surface area contributed by atoms with Gasteiger partial charge in [0.1, 0.15) is 22.4 Å². The number of amides is 2. The van der Waals surface area contributed by atoms with Gasteiger partial charge in [-0.05, 0) is 61.4 Å². The minimum atomic E-state index is -4.05. The average molecular weight is 741 g/mol. The Morgan fingerprint density at radius 1 is 1.00 bits per heavy atom. The maximum Gasteiger partial charge on any atom is 0.303 e. The number of phenols is 1. The first-order valence-electron chi connectivity index (χ1n) is 17.2. The molecule has 0 saturated carbocycles. The zero-order valence-electron chi connectivity index (χ0n) is 29.3. The number of unbranched alkanes of at least 4 members (excludes halogenated alkanes) is 2. The van der Waals surface area contributed by atoms with E-state index >= 15 is 0 Å². The molecule has 1 aliphatic rings. The van der Waals surface area contributed by atoms with Crippen LogP contribution in [0.15, 0.2) is 76.5 Å². The number of sulfonamides is 1. The molecule has 3 aromatic carbocycles. The van der Waals surface area contributed by atoms with Crippen LogP contribution in [0.3, 0.4) is 0 Å². The molecule has 14 heteroatoms. The standard InChI is InChI=1S/C37H48N4O8S2/c1-4-6-19-37(20-7-5-2)25-41(27-12-9-8-10-13-27)29-22-31(50-3)30(23-32(29)51(47,48)40-37)49-24-33(43)39-35(26-15-17-28(42)18-16-26)36(46)38-21-11-14-34(44)45/h8-10,12-13,15-18,22-23,35,40,42H,4-7,11,14,19-21,24-25H2,1-3H3,(H,38,46)(H,39,43)(H,44,45)/t35-/m1/s1. The summed E-state index contributed by atoms with van der Waals surface area (Å²) in [5, 5.41) is 24.0. The van der Waals surface area contributed by atoms with Gasteiger partial charge in [0.25, 0.3) is 5.91 Å². The number of nitrogens with one attached hydrogen (secondary N) is 3. The smallest absolute Gasteiger partial charge is 0.303 e. The van der Waals surface area contributed by atoms with Crippen molar-refractivity contribution in [2.45, 2.75) is 86.6 Å². The highest BCUT2D eigenvalue weighted by Gasteiger charge is 2.42. The Morgan fingerprint density at radius 3 is 2.27 bits per heavy atom. The fourth-order valence-corrected chi connectivity index (χ4v) is 8.31. The monoisotopic (exact) mass is 740 g/mol. The number of thioether (sulfide) groups is 1. The molecule has 0 bridgehead atoms. The molecule has 0 saturated heterocycles. The first-order valence-corrected chi connectivity index (χ1v) is 19.9. The van der Waals surface area contributed by atoms with E-state index in [0.717, 1.165) is 31.4 Å². The third-order valence-electron chi connectivity index (χ3n) is 8.74. The minimum absolute atomic E-state index is 0.0231. The van der Waals surface area contributed by atoms with Gasteiger partial charge in [0.05, 0.1) is 16.1 Å². The molecule has 2 amide bonds. The van der Waals surface area contributed by atoms with E-state index in [2.05, 4.69) is 34.1 Å². The number of hydrogen-bond acceptors (Lipinski definition) is 9. The molecule has 3 aromatic rings. The van der Waals surface area contributed by atoms with Crippen molar-refractivity contribution < 1.29 is 37.8 Å². The van der Waals surface area contributed by atoms with E-state index in [9.17, 15) is 27.9 Å². The van der Waals surface area contributed by atoms with E-state index in [0.29, 0.717) is 35.5 Å². The second kappa shape index (κ2) is 18.3. The number of carbonyl (C=O) groups is 3. The SMILES string of the molecule is CCCCC1(CCCC)CN(c2ccccc2)c2cc(SC)c(OCC(=O)N[C@@H](C(=O)NCCCC(=O)O)c3ccc(O)cc3)cc2S(=O)(=O)N1. The normalized spacial score (nSPS) is 15.2. The number of rotatable bonds is 18. The van der Waals surface area contributed by atoms with Crippen molar-refractivity contribution in [3.8, 4) is 11.5 Å². The van der Waals surface area contributed by atoms with Gasteiger partial charge < -0.3 is 30.5 Å². The number of ether oxygens (including phenoxy) is 1. The van der Waals surface area contributed by atoms with Crippen LogP contribution in [0, 0.1) is 0 Å². The van der Waals surface area contributed by atoms with Crippen LogP contribution in [0.5, 0.6) is 11.5 Å². The lowest BCUT2D eigenvalue weighted by atomic mass is 9.87. The molecule has 0 unspecified atom stereocenters. The molecule has 0 spiro atoms. The Hall–Kier alpha value is -4.27. The van der Waals surface area contributed by atoms with Gasteiger partial charge in [-0.2, -0.15) is 0 Å². The highest BCUT2D eigenvalue weighted by atomic mass is 32.2. The molecule has 1 atom stereocenters. The van der Waals surface area contributed by atoms with Crippen LogP contribution >= 0.6 is 11.8 Å². The van der Waals surface area contributed by atoms with Gasteiger partial charge in [-0.15, -0.1) is 11.8 Å². The Kier molecular flexibility index (Phi) is 14.2. The van der Waals surface area contributed by atoms with Crippen LogP contribution in [0.2, 0.25) is 0 Å². The molecule has 0 aliphatic carbocycles. The number of anilines is 2. The lowest BCUT2D eigenvalue weighted by molar-refractivity contribution is -0.137. The number of aliphatic carboxylic acids is 1. The molecular weight excluding hydrogens is 693 g/mol. The molecule has 4 rings (SSSR count). The highest BCUT2D eigenvalue weighted by molar-refractivity contribution is 7.98. The highest BCUT2D eigenvalue weighted by Crippen LogP contribution is 2.44. The number of carboxylic acid groups (broad SMARTS) is 1. The third kappa shape index (κ3) is 10.6. The Bertz CT molecular complexity index is 1750. The summed E-state index contributed by atoms with van der Waals surface area (Å²) in [6.07, 6.45) is 6.82. The largest absolute Gasteiger partial charge is 0.508 e. The van der Waals surface area contributed by atoms with Crippen molar-refractivity contribution in [2.24, 2.45) is 0 Å². The van der Waals surface area contributed by atoms with Gasteiger partial charge in [0.15, 0.2) is 6.61 Å². The summed E-state index contributed by atoms with van der Waals surface area (Å²) in [5.41, 5.74) is 1.05. The van der Waals surface area contributed by atoms with Crippen molar-refractivity contribution in [3.63, 3.8) is 0 Å². The van der Waals surface area contributed by atoms with Gasteiger partial charge in [-0.25, -0.2) is 13.1 Å². The van der Waals surface area contributed by atoms with Crippen molar-refractivity contribution in [3.05, 3.63) is 72.3 Å². The molecule has 0 radical (unpaired) electrons. The fourth-order valence-electron chi connectivity index (χ4n) is 6.11. The van der Waals surface area contributed by atoms with Gasteiger partial charge in [-0.1, -0.05) is 69.9 Å². The van der Waals surface area contributed by atoms with E-state index < -0.39 is 46.0 Å². The van der Waals surface area contributed by atoms with Crippen molar-refractivity contribution in [2.75, 3.05) is 30.9 Å². The maximum atomic E-state index is 14.3. The van der Waals surface area contributed by atoms with Crippen molar-refractivity contribution >= 4 is 50.9 Å². The lowest BCUT2D eigenvalue weighted by Crippen LogP contribution is -2.53. The number of aromatic hydroxyl groups is 1. The molecule has 51 heavy (non-hydrogen) atoms. The molecule has 5 N–H and O–H groups in total. The first-order chi connectivity index (χ1) is 24.4. The van der Waals surface area contributed by atoms with Crippen LogP contribution in [-0.2, 0) is 24.4 Å². The second-order valence-electron chi connectivity index (χ2n) is 12.7. The predicted molar refractivity (Wildman–Crippen MR) is 198 cm³/mol. The van der Waals surface area contributed by atoms with E-state index in [4.69, 9.17) is 9.84 Å². The lowest BCUT2D eigenvalue weighted by Gasteiger charge is -2.37. The maximum absolute atomic E-state index is 14.3. The summed E-state index contributed by atoms with van der Waals surface area (Å²) >= 11 is 1.35. The minimum Gasteiger partial charge on any atom is -0.508 e. The second-order valence-corrected chi connectivity index (χ2v) is 15.2. The van der Waals surface area contributed by atoms with Crippen LogP contribution in [0.25, 0.3) is 0 Å². The van der Waals surface area contributed by atoms with E-state index in [1.54, 1.807) is 6.07 Å². The van der Waals surface area contributed by atoms with Gasteiger partial charge in [0, 0.05) is 31.3 Å². The molecular formula is C37H48N4O8S2. The molecule has 0 aromatic heterocycles. The first kappa shape index (κ1) is 39.5. The third-order valence-corrected chi connectivity index (χ3v) is 11.1. The Morgan fingerprint density at radius 2 is 1.67 bits per heavy atom. The predicted octanol–water partition coefficient (Wildman–Crippen LogP) is 5.88. The molecule has 0 fully saturated rings. The number of nitrogens with zero attached hydrogens (tertiary/aromatic N) is 1. The van der Waals surface area contributed by atoms with Crippen LogP contribution < -0.4 is 25.0 Å². The number of phenolic OH excluding ortho intramolecular Hbond substituents is 1. The van der Waals surface area contributed by atoms with Crippen LogP contribution in [0.1, 0.15) is 76.8 Å². The fraction of sp³-hybridized carbons (Fsp3) is 0.432. The van der Waals surface area contributed by atoms with Crippen LogP contribution in [-0.4, -0.2) is 67.9 Å². The van der Waals surface area contributed by atoms with E-state index in [-0.39, 0.29) is 35.8 Å². The van der Waals surface area contributed by atoms with Crippen LogP contribution in [0.4, 0.5) is 11.4 Å². The summed E-state index contributed by atoms with van der Waals surface area (Å²) < 4.78 is 37.6. The number of carboxylic acids is 1. The summed E-state index contributed by atoms with van der Waals surface area (Å²) in [6, 6.07) is 17.5. The average Bonchev–Trinajstić information content (AvgIpc) is 3.21. The Balaban J connectivity index is 1.65. The van der Waals surface area contributed by atoms with Gasteiger partial charge in [-0.3, -0.25) is 14.4 Å². The number of benzene rings is 3. The zero-order chi connectivity index (χ0) is 37.0. The van der Waals surface area contributed by atoms with E-state index in [1.165, 1.54) is 42.1 Å². The Labute approximate surface area is 304 Å². The number of hydrogen-bond donors (Lipinski definition) is 5. The summed E-state index contributed by atoms with van der Waals surface area (Å²) in [4.78, 5) is 40.0. The van der Waals surface area contributed by atoms with Crippen molar-refractivity contribution in [1.29, 1.82) is 0 Å². The van der Waals surface area contributed by atoms with Gasteiger partial charge >= 0.3 is 5.97 Å². The summed E-state index contributed by atoms with van der Waals surface area (Å²) in [5.74, 6) is -2.03. The van der Waals surface area contributed by atoms with Crippen molar-refractivity contribution in [1.82, 2.24) is 15.4 Å². The molecule has 276 valence electrons. The van der Waals surface area contributed by atoms with Gasteiger partial charge in [0.2, 0.25) is 15.9 Å². The molecule has 1 heterocycles. The quantitative estimate of drug-likeness (QED) is 0.0783. The summed E-state index contributed by atoms with van der Waals surface area (Å²) in [7, 11) is -4.05. The number of fused-ring (bicyclic) bond motifs is 1. The number of carbonyl (C=O) groups excluding carboxylic acids is 2.